The van der Waals surface area contributed by atoms with Gasteiger partial charge in [0.1, 0.15) is 24.2 Å². The van der Waals surface area contributed by atoms with Crippen molar-refractivity contribution >= 4 is 5.69 Å². The van der Waals surface area contributed by atoms with Crippen LogP contribution in [-0.4, -0.2) is 11.3 Å². The molecule has 7 heteroatoms. The van der Waals surface area contributed by atoms with Gasteiger partial charge in [-0.3, -0.25) is 0 Å². The first-order valence-corrected chi connectivity index (χ1v) is 9.21. The SMILES string of the molecule is Cc1cccc(NC(c2ccc(OCc3c(C)noc3C)cc2)C(F)(F)F)c1C. The number of nitrogens with one attached hydrogen (secondary N) is 1. The van der Waals surface area contributed by atoms with E-state index in [1.807, 2.05) is 19.9 Å². The number of aromatic nitrogens is 1. The van der Waals surface area contributed by atoms with Crippen molar-refractivity contribution in [2.24, 2.45) is 0 Å². The van der Waals surface area contributed by atoms with Gasteiger partial charge in [-0.2, -0.15) is 13.2 Å². The van der Waals surface area contributed by atoms with Crippen molar-refractivity contribution < 1.29 is 22.4 Å². The molecule has 0 aliphatic carbocycles. The van der Waals surface area contributed by atoms with Gasteiger partial charge in [0, 0.05) is 5.69 Å². The van der Waals surface area contributed by atoms with Gasteiger partial charge in [0.05, 0.1) is 11.3 Å². The quantitative estimate of drug-likeness (QED) is 0.531. The van der Waals surface area contributed by atoms with Gasteiger partial charge in [0.2, 0.25) is 0 Å². The molecule has 0 spiro atoms. The van der Waals surface area contributed by atoms with Crippen LogP contribution in [0.2, 0.25) is 0 Å². The van der Waals surface area contributed by atoms with Crippen LogP contribution < -0.4 is 10.1 Å². The highest BCUT2D eigenvalue weighted by molar-refractivity contribution is 5.55. The Balaban J connectivity index is 1.78. The van der Waals surface area contributed by atoms with Crippen LogP contribution in [0.4, 0.5) is 18.9 Å². The Morgan fingerprint density at radius 3 is 2.31 bits per heavy atom. The third kappa shape index (κ3) is 4.72. The Morgan fingerprint density at radius 2 is 1.72 bits per heavy atom. The molecule has 2 aromatic carbocycles. The molecule has 0 bridgehead atoms. The second kappa shape index (κ2) is 8.19. The summed E-state index contributed by atoms with van der Waals surface area (Å²) in [7, 11) is 0. The van der Waals surface area contributed by atoms with Gasteiger partial charge in [-0.15, -0.1) is 0 Å². The molecule has 0 saturated heterocycles. The minimum absolute atomic E-state index is 0.114. The molecule has 0 fully saturated rings. The number of nitrogens with zero attached hydrogens (tertiary/aromatic N) is 1. The van der Waals surface area contributed by atoms with E-state index in [-0.39, 0.29) is 12.2 Å². The standard InChI is InChI=1S/C22H23F3N2O2/c1-13-6-5-7-20(14(13)2)26-21(22(23,24)25)17-8-10-18(11-9-17)28-12-19-15(3)27-29-16(19)4/h5-11,21,26H,12H2,1-4H3. The van der Waals surface area contributed by atoms with Gasteiger partial charge < -0.3 is 14.6 Å². The number of hydrogen-bond acceptors (Lipinski definition) is 4. The molecule has 1 N–H and O–H groups in total. The van der Waals surface area contributed by atoms with E-state index >= 15 is 0 Å². The lowest BCUT2D eigenvalue weighted by molar-refractivity contribution is -0.144. The van der Waals surface area contributed by atoms with Crippen LogP contribution in [0.3, 0.4) is 0 Å². The number of anilines is 1. The zero-order chi connectivity index (χ0) is 21.2. The maximum atomic E-state index is 13.7. The molecule has 3 rings (SSSR count). The normalized spacial score (nSPS) is 12.7. The molecule has 0 aliphatic heterocycles. The molecule has 4 nitrogen and oxygen atoms in total. The largest absolute Gasteiger partial charge is 0.489 e. The van der Waals surface area contributed by atoms with Crippen LogP contribution in [0.5, 0.6) is 5.75 Å². The van der Waals surface area contributed by atoms with Gasteiger partial charge in [0.15, 0.2) is 0 Å². The van der Waals surface area contributed by atoms with Crippen molar-refractivity contribution in [3.63, 3.8) is 0 Å². The summed E-state index contributed by atoms with van der Waals surface area (Å²) in [5.74, 6) is 1.13. The first-order valence-electron chi connectivity index (χ1n) is 9.21. The molecule has 0 amide bonds. The highest BCUT2D eigenvalue weighted by Gasteiger charge is 2.41. The molecule has 29 heavy (non-hydrogen) atoms. The average molecular weight is 404 g/mol. The Morgan fingerprint density at radius 1 is 1.03 bits per heavy atom. The molecule has 1 unspecified atom stereocenters. The van der Waals surface area contributed by atoms with Crippen LogP contribution in [0.15, 0.2) is 47.0 Å². The molecule has 1 heterocycles. The fraction of sp³-hybridized carbons (Fsp3) is 0.318. The Kier molecular flexibility index (Phi) is 5.86. The van der Waals surface area contributed by atoms with Gasteiger partial charge >= 0.3 is 6.18 Å². The van der Waals surface area contributed by atoms with Crippen molar-refractivity contribution in [3.8, 4) is 5.75 Å². The van der Waals surface area contributed by atoms with Gasteiger partial charge in [-0.25, -0.2) is 0 Å². The number of aryl methyl sites for hydroxylation is 3. The fourth-order valence-electron chi connectivity index (χ4n) is 3.04. The molecule has 3 aromatic rings. The Labute approximate surface area is 167 Å². The van der Waals surface area contributed by atoms with Gasteiger partial charge in [0.25, 0.3) is 0 Å². The van der Waals surface area contributed by atoms with Crippen LogP contribution in [0, 0.1) is 27.7 Å². The van der Waals surface area contributed by atoms with E-state index in [0.29, 0.717) is 17.2 Å². The number of benzene rings is 2. The third-order valence-electron chi connectivity index (χ3n) is 5.01. The minimum Gasteiger partial charge on any atom is -0.489 e. The summed E-state index contributed by atoms with van der Waals surface area (Å²) in [6.07, 6.45) is -4.45. The Hall–Kier alpha value is -2.96. The number of ether oxygens (including phenoxy) is 1. The molecule has 1 aromatic heterocycles. The minimum atomic E-state index is -4.45. The molecule has 154 valence electrons. The first-order chi connectivity index (χ1) is 13.7. The van der Waals surface area contributed by atoms with Crippen molar-refractivity contribution in [2.75, 3.05) is 5.32 Å². The lowest BCUT2D eigenvalue weighted by Crippen LogP contribution is -2.28. The van der Waals surface area contributed by atoms with E-state index < -0.39 is 12.2 Å². The van der Waals surface area contributed by atoms with E-state index in [2.05, 4.69) is 10.5 Å². The second-order valence-electron chi connectivity index (χ2n) is 7.03. The molecule has 0 saturated carbocycles. The maximum absolute atomic E-state index is 13.7. The average Bonchev–Trinajstić information content (AvgIpc) is 2.99. The predicted molar refractivity (Wildman–Crippen MR) is 105 cm³/mol. The summed E-state index contributed by atoms with van der Waals surface area (Å²) < 4.78 is 52.0. The summed E-state index contributed by atoms with van der Waals surface area (Å²) in [5, 5.41) is 6.50. The Bertz CT molecular complexity index is 959. The summed E-state index contributed by atoms with van der Waals surface area (Å²) in [6, 6.07) is 9.38. The fourth-order valence-corrected chi connectivity index (χ4v) is 3.04. The number of halogens is 3. The molecule has 0 aliphatic rings. The number of hydrogen-bond donors (Lipinski definition) is 1. The van der Waals surface area contributed by atoms with Gasteiger partial charge in [-0.1, -0.05) is 29.4 Å². The van der Waals surface area contributed by atoms with Crippen LogP contribution in [0.1, 0.15) is 39.7 Å². The maximum Gasteiger partial charge on any atom is 0.412 e. The second-order valence-corrected chi connectivity index (χ2v) is 7.03. The predicted octanol–water partition coefficient (Wildman–Crippen LogP) is 6.20. The summed E-state index contributed by atoms with van der Waals surface area (Å²) in [6.45, 7) is 7.51. The van der Waals surface area contributed by atoms with Crippen molar-refractivity contribution in [1.29, 1.82) is 0 Å². The summed E-state index contributed by atoms with van der Waals surface area (Å²) in [4.78, 5) is 0. The third-order valence-corrected chi connectivity index (χ3v) is 5.01. The summed E-state index contributed by atoms with van der Waals surface area (Å²) >= 11 is 0. The molecular weight excluding hydrogens is 381 g/mol. The van der Waals surface area contributed by atoms with Gasteiger partial charge in [-0.05, 0) is 62.6 Å². The zero-order valence-electron chi connectivity index (χ0n) is 16.7. The van der Waals surface area contributed by atoms with Crippen molar-refractivity contribution in [3.05, 3.63) is 76.2 Å². The molecule has 1 atom stereocenters. The topological polar surface area (TPSA) is 47.3 Å². The van der Waals surface area contributed by atoms with Crippen LogP contribution >= 0.6 is 0 Å². The van der Waals surface area contributed by atoms with E-state index in [0.717, 1.165) is 22.4 Å². The van der Waals surface area contributed by atoms with Crippen molar-refractivity contribution in [1.82, 2.24) is 5.16 Å². The van der Waals surface area contributed by atoms with Crippen molar-refractivity contribution in [2.45, 2.75) is 46.5 Å². The van der Waals surface area contributed by atoms with E-state index in [1.165, 1.54) is 24.3 Å². The smallest absolute Gasteiger partial charge is 0.412 e. The first kappa shape index (κ1) is 20.8. The van der Waals surface area contributed by atoms with E-state index in [9.17, 15) is 13.2 Å². The van der Waals surface area contributed by atoms with E-state index in [1.54, 1.807) is 26.0 Å². The number of rotatable bonds is 6. The highest BCUT2D eigenvalue weighted by Crippen LogP contribution is 2.37. The zero-order valence-corrected chi connectivity index (χ0v) is 16.7. The van der Waals surface area contributed by atoms with E-state index in [4.69, 9.17) is 9.26 Å². The highest BCUT2D eigenvalue weighted by atomic mass is 19.4. The summed E-state index contributed by atoms with van der Waals surface area (Å²) in [5.41, 5.74) is 3.86. The monoisotopic (exact) mass is 404 g/mol. The van der Waals surface area contributed by atoms with Crippen LogP contribution in [-0.2, 0) is 6.61 Å². The lowest BCUT2D eigenvalue weighted by atomic mass is 10.0. The lowest BCUT2D eigenvalue weighted by Gasteiger charge is -2.24. The number of alkyl halides is 3. The molecular formula is C22H23F3N2O2. The molecule has 0 radical (unpaired) electrons. The van der Waals surface area contributed by atoms with Crippen LogP contribution in [0.25, 0.3) is 0 Å².